The number of carbonyl (C=O) groups excluding carboxylic acids is 1. The van der Waals surface area contributed by atoms with Crippen molar-refractivity contribution in [2.75, 3.05) is 7.11 Å². The second kappa shape index (κ2) is 3.87. The monoisotopic (exact) mass is 246 g/mol. The van der Waals surface area contributed by atoms with Crippen LogP contribution in [0.3, 0.4) is 0 Å². The van der Waals surface area contributed by atoms with Crippen molar-refractivity contribution in [3.63, 3.8) is 0 Å². The van der Waals surface area contributed by atoms with Gasteiger partial charge in [-0.15, -0.1) is 0 Å². The Bertz CT molecular complexity index is 350. The molecule has 1 aromatic carbocycles. The normalized spacial score (nSPS) is 9.85. The second-order valence-electron chi connectivity index (χ2n) is 2.52. The number of benzene rings is 1. The minimum absolute atomic E-state index is 0.0417. The molecule has 2 nitrogen and oxygen atoms in total. The van der Waals surface area contributed by atoms with Crippen LogP contribution in [0.2, 0.25) is 0 Å². The van der Waals surface area contributed by atoms with Crippen LogP contribution in [0.5, 0.6) is 5.75 Å². The molecule has 0 spiro atoms. The van der Waals surface area contributed by atoms with Crippen LogP contribution < -0.4 is 4.74 Å². The fourth-order valence-corrected chi connectivity index (χ4v) is 1.43. The van der Waals surface area contributed by atoms with Gasteiger partial charge in [0.1, 0.15) is 11.6 Å². The largest absolute Gasteiger partial charge is 0.496 e. The van der Waals surface area contributed by atoms with Crippen molar-refractivity contribution in [3.8, 4) is 5.75 Å². The average molecular weight is 247 g/mol. The highest BCUT2D eigenvalue weighted by Gasteiger charge is 2.11. The molecule has 0 heterocycles. The van der Waals surface area contributed by atoms with Gasteiger partial charge in [0.05, 0.1) is 17.1 Å². The van der Waals surface area contributed by atoms with E-state index in [-0.39, 0.29) is 11.3 Å². The van der Waals surface area contributed by atoms with E-state index in [0.717, 1.165) is 0 Å². The third-order valence-corrected chi connectivity index (χ3v) is 2.24. The summed E-state index contributed by atoms with van der Waals surface area (Å²) in [6.07, 6.45) is 0. The van der Waals surface area contributed by atoms with Crippen LogP contribution in [0, 0.1) is 5.82 Å². The molecule has 1 aromatic rings. The zero-order chi connectivity index (χ0) is 10.0. The molecule has 0 radical (unpaired) electrons. The smallest absolute Gasteiger partial charge is 0.162 e. The summed E-state index contributed by atoms with van der Waals surface area (Å²) in [7, 11) is 1.46. The number of methoxy groups -OCH3 is 1. The molecule has 0 aliphatic carbocycles. The molecule has 4 heteroatoms. The van der Waals surface area contributed by atoms with E-state index in [4.69, 9.17) is 4.74 Å². The first-order valence-corrected chi connectivity index (χ1v) is 4.39. The number of ketones is 1. The van der Waals surface area contributed by atoms with Crippen LogP contribution in [0.15, 0.2) is 16.6 Å². The Balaban J connectivity index is 3.30. The minimum atomic E-state index is -0.542. The highest BCUT2D eigenvalue weighted by molar-refractivity contribution is 9.10. The van der Waals surface area contributed by atoms with Gasteiger partial charge in [-0.25, -0.2) is 4.39 Å². The molecule has 0 atom stereocenters. The molecule has 0 bridgehead atoms. The van der Waals surface area contributed by atoms with Gasteiger partial charge in [0.25, 0.3) is 0 Å². The number of ether oxygens (including phenoxy) is 1. The highest BCUT2D eigenvalue weighted by atomic mass is 79.9. The molecule has 0 amide bonds. The van der Waals surface area contributed by atoms with Crippen molar-refractivity contribution in [2.45, 2.75) is 6.92 Å². The van der Waals surface area contributed by atoms with Crippen molar-refractivity contribution in [2.24, 2.45) is 0 Å². The Kier molecular flexibility index (Phi) is 3.03. The molecule has 0 saturated carbocycles. The summed E-state index contributed by atoms with van der Waals surface area (Å²) in [4.78, 5) is 10.9. The number of halogens is 2. The number of rotatable bonds is 2. The summed E-state index contributed by atoms with van der Waals surface area (Å²) in [6.45, 7) is 1.31. The van der Waals surface area contributed by atoms with E-state index in [9.17, 15) is 9.18 Å². The van der Waals surface area contributed by atoms with Crippen molar-refractivity contribution in [1.82, 2.24) is 0 Å². The van der Waals surface area contributed by atoms with E-state index in [1.54, 1.807) is 0 Å². The fraction of sp³-hybridized carbons (Fsp3) is 0.222. The van der Waals surface area contributed by atoms with Crippen molar-refractivity contribution in [3.05, 3.63) is 28.0 Å². The first-order valence-electron chi connectivity index (χ1n) is 3.60. The molecular formula is C9H8BrFO2. The molecular weight excluding hydrogens is 239 g/mol. The molecule has 1 rings (SSSR count). The van der Waals surface area contributed by atoms with Gasteiger partial charge in [0, 0.05) is 0 Å². The minimum Gasteiger partial charge on any atom is -0.496 e. The van der Waals surface area contributed by atoms with Crippen LogP contribution in [-0.4, -0.2) is 12.9 Å². The molecule has 0 unspecified atom stereocenters. The third-order valence-electron chi connectivity index (χ3n) is 1.62. The Morgan fingerprint density at radius 2 is 2.15 bits per heavy atom. The Morgan fingerprint density at radius 1 is 1.54 bits per heavy atom. The van der Waals surface area contributed by atoms with Crippen molar-refractivity contribution in [1.29, 1.82) is 0 Å². The number of hydrogen-bond acceptors (Lipinski definition) is 2. The van der Waals surface area contributed by atoms with E-state index >= 15 is 0 Å². The van der Waals surface area contributed by atoms with Crippen LogP contribution in [0.25, 0.3) is 0 Å². The summed E-state index contributed by atoms with van der Waals surface area (Å²) in [5.41, 5.74) is 0.0417. The van der Waals surface area contributed by atoms with Crippen LogP contribution in [-0.2, 0) is 0 Å². The molecule has 0 saturated heterocycles. The predicted molar refractivity (Wildman–Crippen MR) is 50.7 cm³/mol. The zero-order valence-corrected chi connectivity index (χ0v) is 8.81. The predicted octanol–water partition coefficient (Wildman–Crippen LogP) is 2.80. The first-order chi connectivity index (χ1) is 6.06. The van der Waals surface area contributed by atoms with E-state index in [1.165, 1.54) is 26.2 Å². The average Bonchev–Trinajstić information content (AvgIpc) is 2.03. The molecule has 70 valence electrons. The Labute approximate surface area is 83.8 Å². The van der Waals surface area contributed by atoms with Crippen molar-refractivity contribution >= 4 is 21.7 Å². The van der Waals surface area contributed by atoms with Gasteiger partial charge in [-0.1, -0.05) is 0 Å². The molecule has 0 aromatic heterocycles. The molecule has 13 heavy (non-hydrogen) atoms. The summed E-state index contributed by atoms with van der Waals surface area (Å²) < 4.78 is 18.5. The number of carbonyl (C=O) groups is 1. The summed E-state index contributed by atoms with van der Waals surface area (Å²) in [5.74, 6) is -0.407. The third kappa shape index (κ3) is 2.06. The topological polar surface area (TPSA) is 26.3 Å². The standard InChI is InChI=1S/C9H8BrFO2/c1-5(12)6-3-9(13-2)7(10)4-8(6)11/h3-4H,1-2H3. The lowest BCUT2D eigenvalue weighted by Gasteiger charge is -2.05. The van der Waals surface area contributed by atoms with Gasteiger partial charge in [0.15, 0.2) is 5.78 Å². The summed E-state index contributed by atoms with van der Waals surface area (Å²) in [5, 5.41) is 0. The summed E-state index contributed by atoms with van der Waals surface area (Å²) in [6, 6.07) is 2.59. The SMILES string of the molecule is COc1cc(C(C)=O)c(F)cc1Br. The molecule has 0 aliphatic rings. The van der Waals surface area contributed by atoms with Gasteiger partial charge in [-0.2, -0.15) is 0 Å². The van der Waals surface area contributed by atoms with Crippen LogP contribution >= 0.6 is 15.9 Å². The number of Topliss-reactive ketones (excluding diaryl/α,β-unsaturated/α-hetero) is 1. The van der Waals surface area contributed by atoms with Crippen LogP contribution in [0.4, 0.5) is 4.39 Å². The molecule has 0 N–H and O–H groups in total. The van der Waals surface area contributed by atoms with Crippen molar-refractivity contribution < 1.29 is 13.9 Å². The quantitative estimate of drug-likeness (QED) is 0.751. The highest BCUT2D eigenvalue weighted by Crippen LogP contribution is 2.27. The molecule has 0 fully saturated rings. The van der Waals surface area contributed by atoms with E-state index in [0.29, 0.717) is 10.2 Å². The van der Waals surface area contributed by atoms with E-state index in [2.05, 4.69) is 15.9 Å². The van der Waals surface area contributed by atoms with Crippen LogP contribution in [0.1, 0.15) is 17.3 Å². The Morgan fingerprint density at radius 3 is 2.62 bits per heavy atom. The van der Waals surface area contributed by atoms with Gasteiger partial charge in [0.2, 0.25) is 0 Å². The first kappa shape index (κ1) is 10.2. The molecule has 0 aliphatic heterocycles. The van der Waals surface area contributed by atoms with Gasteiger partial charge in [-0.3, -0.25) is 4.79 Å². The lowest BCUT2D eigenvalue weighted by molar-refractivity contribution is 0.101. The van der Waals surface area contributed by atoms with E-state index < -0.39 is 5.82 Å². The zero-order valence-electron chi connectivity index (χ0n) is 7.23. The second-order valence-corrected chi connectivity index (χ2v) is 3.38. The maximum Gasteiger partial charge on any atom is 0.162 e. The maximum atomic E-state index is 13.1. The fourth-order valence-electron chi connectivity index (χ4n) is 0.955. The number of hydrogen-bond donors (Lipinski definition) is 0. The van der Waals surface area contributed by atoms with E-state index in [1.807, 2.05) is 0 Å². The van der Waals surface area contributed by atoms with Gasteiger partial charge in [-0.05, 0) is 35.0 Å². The lowest BCUT2D eigenvalue weighted by atomic mass is 10.1. The lowest BCUT2D eigenvalue weighted by Crippen LogP contribution is -1.98. The Hall–Kier alpha value is -0.900. The summed E-state index contributed by atoms with van der Waals surface area (Å²) >= 11 is 3.11. The van der Waals surface area contributed by atoms with Gasteiger partial charge < -0.3 is 4.74 Å². The maximum absolute atomic E-state index is 13.1. The van der Waals surface area contributed by atoms with Gasteiger partial charge >= 0.3 is 0 Å².